The molecule has 17 heavy (non-hydrogen) atoms. The average Bonchev–Trinajstić information content (AvgIpc) is 2.27. The van der Waals surface area contributed by atoms with Crippen molar-refractivity contribution in [2.45, 2.75) is 18.7 Å². The first kappa shape index (κ1) is 14.6. The second-order valence-corrected chi connectivity index (χ2v) is 6.91. The Balaban J connectivity index is 2.75. The fourth-order valence-electron chi connectivity index (χ4n) is 1.10. The van der Waals surface area contributed by atoms with Crippen LogP contribution in [0.25, 0.3) is 0 Å². The van der Waals surface area contributed by atoms with Crippen LogP contribution in [0.2, 0.25) is 0 Å². The Kier molecular flexibility index (Phi) is 5.05. The summed E-state index contributed by atoms with van der Waals surface area (Å²) in [5.41, 5.74) is 6.18. The summed E-state index contributed by atoms with van der Waals surface area (Å²) in [4.78, 5) is -0.0374. The SMILES string of the molecule is CC(C(N)=S)S(=O)(=O)NCc1ccccc1Br. The molecule has 4 nitrogen and oxygen atoms in total. The Morgan fingerprint density at radius 1 is 1.53 bits per heavy atom. The van der Waals surface area contributed by atoms with Crippen molar-refractivity contribution in [3.8, 4) is 0 Å². The molecular weight excluding hydrogens is 324 g/mol. The molecular formula is C10H13BrN2O2S2. The predicted octanol–water partition coefficient (Wildman–Crippen LogP) is 1.54. The summed E-state index contributed by atoms with van der Waals surface area (Å²) in [5, 5.41) is -0.875. The lowest BCUT2D eigenvalue weighted by atomic mass is 10.2. The van der Waals surface area contributed by atoms with Crippen molar-refractivity contribution in [2.75, 3.05) is 0 Å². The maximum atomic E-state index is 11.8. The third-order valence-corrected chi connectivity index (χ3v) is 5.30. The molecule has 0 amide bonds. The number of sulfonamides is 1. The van der Waals surface area contributed by atoms with E-state index in [9.17, 15) is 8.42 Å². The number of hydrogen-bond acceptors (Lipinski definition) is 3. The molecule has 3 N–H and O–H groups in total. The molecule has 0 saturated heterocycles. The van der Waals surface area contributed by atoms with Gasteiger partial charge in [0.2, 0.25) is 10.0 Å². The van der Waals surface area contributed by atoms with Crippen LogP contribution >= 0.6 is 28.1 Å². The number of benzene rings is 1. The van der Waals surface area contributed by atoms with Crippen LogP contribution in [0.15, 0.2) is 28.7 Å². The average molecular weight is 337 g/mol. The van der Waals surface area contributed by atoms with Gasteiger partial charge in [0.05, 0.1) is 4.99 Å². The molecule has 0 fully saturated rings. The second-order valence-electron chi connectivity index (χ2n) is 3.50. The van der Waals surface area contributed by atoms with Gasteiger partial charge < -0.3 is 5.73 Å². The zero-order chi connectivity index (χ0) is 13.1. The molecule has 1 atom stereocenters. The van der Waals surface area contributed by atoms with Gasteiger partial charge in [-0.05, 0) is 18.6 Å². The minimum Gasteiger partial charge on any atom is -0.392 e. The minimum absolute atomic E-state index is 0.0374. The summed E-state index contributed by atoms with van der Waals surface area (Å²) in [6.07, 6.45) is 0. The number of nitrogens with one attached hydrogen (secondary N) is 1. The molecule has 0 radical (unpaired) electrons. The lowest BCUT2D eigenvalue weighted by Crippen LogP contribution is -2.39. The molecule has 1 aromatic rings. The first-order chi connectivity index (χ1) is 7.84. The van der Waals surface area contributed by atoms with Crippen LogP contribution in [0.3, 0.4) is 0 Å². The van der Waals surface area contributed by atoms with Crippen LogP contribution in [0.4, 0.5) is 0 Å². The Labute approximate surface area is 115 Å². The highest BCUT2D eigenvalue weighted by atomic mass is 79.9. The van der Waals surface area contributed by atoms with Gasteiger partial charge in [0.25, 0.3) is 0 Å². The van der Waals surface area contributed by atoms with E-state index in [-0.39, 0.29) is 11.5 Å². The molecule has 0 aliphatic carbocycles. The fraction of sp³-hybridized carbons (Fsp3) is 0.300. The number of nitrogens with two attached hydrogens (primary N) is 1. The van der Waals surface area contributed by atoms with Crippen LogP contribution < -0.4 is 10.5 Å². The molecule has 0 aliphatic heterocycles. The molecule has 0 aliphatic rings. The number of hydrogen-bond donors (Lipinski definition) is 2. The monoisotopic (exact) mass is 336 g/mol. The normalized spacial score (nSPS) is 13.3. The molecule has 0 aromatic heterocycles. The first-order valence-electron chi connectivity index (χ1n) is 4.86. The molecule has 0 saturated carbocycles. The van der Waals surface area contributed by atoms with Crippen LogP contribution in [0.5, 0.6) is 0 Å². The smallest absolute Gasteiger partial charge is 0.221 e. The van der Waals surface area contributed by atoms with E-state index in [1.54, 1.807) is 0 Å². The van der Waals surface area contributed by atoms with Gasteiger partial charge in [0.1, 0.15) is 5.25 Å². The van der Waals surface area contributed by atoms with E-state index >= 15 is 0 Å². The van der Waals surface area contributed by atoms with Gasteiger partial charge in [-0.25, -0.2) is 13.1 Å². The largest absolute Gasteiger partial charge is 0.392 e. The third kappa shape index (κ3) is 4.02. The van der Waals surface area contributed by atoms with Crippen LogP contribution in [-0.4, -0.2) is 18.7 Å². The van der Waals surface area contributed by atoms with Crippen molar-refractivity contribution in [3.63, 3.8) is 0 Å². The van der Waals surface area contributed by atoms with Crippen LogP contribution in [-0.2, 0) is 16.6 Å². The van der Waals surface area contributed by atoms with E-state index in [4.69, 9.17) is 5.73 Å². The molecule has 1 aromatic carbocycles. The number of halogens is 1. The first-order valence-corrected chi connectivity index (χ1v) is 7.60. The van der Waals surface area contributed by atoms with Crippen LogP contribution in [0.1, 0.15) is 12.5 Å². The molecule has 1 unspecified atom stereocenters. The molecule has 0 heterocycles. The fourth-order valence-corrected chi connectivity index (χ4v) is 2.82. The van der Waals surface area contributed by atoms with Crippen molar-refractivity contribution in [3.05, 3.63) is 34.3 Å². The van der Waals surface area contributed by atoms with Gasteiger partial charge in [-0.3, -0.25) is 0 Å². The Bertz CT molecular complexity index is 517. The standard InChI is InChI=1S/C10H13BrN2O2S2/c1-7(10(12)16)17(14,15)13-6-8-4-2-3-5-9(8)11/h2-5,7,13H,6H2,1H3,(H2,12,16). The van der Waals surface area contributed by atoms with E-state index in [2.05, 4.69) is 32.9 Å². The topological polar surface area (TPSA) is 72.2 Å². The van der Waals surface area contributed by atoms with Gasteiger partial charge in [0, 0.05) is 11.0 Å². The number of thiocarbonyl (C=S) groups is 1. The van der Waals surface area contributed by atoms with E-state index < -0.39 is 15.3 Å². The highest BCUT2D eigenvalue weighted by molar-refractivity contribution is 9.10. The minimum atomic E-state index is -3.51. The van der Waals surface area contributed by atoms with Crippen molar-refractivity contribution >= 4 is 43.2 Å². The van der Waals surface area contributed by atoms with Crippen molar-refractivity contribution in [1.82, 2.24) is 4.72 Å². The summed E-state index contributed by atoms with van der Waals surface area (Å²) in [5.74, 6) is 0. The van der Waals surface area contributed by atoms with E-state index in [1.807, 2.05) is 24.3 Å². The van der Waals surface area contributed by atoms with E-state index in [1.165, 1.54) is 6.92 Å². The lowest BCUT2D eigenvalue weighted by Gasteiger charge is -2.13. The van der Waals surface area contributed by atoms with E-state index in [0.717, 1.165) is 10.0 Å². The third-order valence-electron chi connectivity index (χ3n) is 2.29. The Hall–Kier alpha value is -0.500. The molecule has 1 rings (SSSR count). The number of rotatable bonds is 5. The Morgan fingerprint density at radius 3 is 2.65 bits per heavy atom. The maximum Gasteiger partial charge on any atom is 0.221 e. The van der Waals surface area contributed by atoms with Crippen molar-refractivity contribution in [1.29, 1.82) is 0 Å². The summed E-state index contributed by atoms with van der Waals surface area (Å²) < 4.78 is 26.8. The van der Waals surface area contributed by atoms with Gasteiger partial charge >= 0.3 is 0 Å². The molecule has 94 valence electrons. The zero-order valence-electron chi connectivity index (χ0n) is 9.18. The molecule has 0 bridgehead atoms. The highest BCUT2D eigenvalue weighted by Crippen LogP contribution is 2.15. The lowest BCUT2D eigenvalue weighted by molar-refractivity contribution is 0.578. The summed E-state index contributed by atoms with van der Waals surface area (Å²) in [7, 11) is -3.51. The van der Waals surface area contributed by atoms with E-state index in [0.29, 0.717) is 0 Å². The van der Waals surface area contributed by atoms with Gasteiger partial charge in [-0.1, -0.05) is 46.3 Å². The molecule has 7 heteroatoms. The predicted molar refractivity (Wildman–Crippen MR) is 76.1 cm³/mol. The quantitative estimate of drug-likeness (QED) is 0.800. The second kappa shape index (κ2) is 5.90. The van der Waals surface area contributed by atoms with Crippen LogP contribution in [0, 0.1) is 0 Å². The van der Waals surface area contributed by atoms with Gasteiger partial charge in [-0.15, -0.1) is 0 Å². The van der Waals surface area contributed by atoms with Gasteiger partial charge in [-0.2, -0.15) is 0 Å². The van der Waals surface area contributed by atoms with Crippen molar-refractivity contribution in [2.24, 2.45) is 5.73 Å². The van der Waals surface area contributed by atoms with Gasteiger partial charge in [0.15, 0.2) is 0 Å². The highest BCUT2D eigenvalue weighted by Gasteiger charge is 2.22. The maximum absolute atomic E-state index is 11.8. The summed E-state index contributed by atoms with van der Waals surface area (Å²) in [6, 6.07) is 7.38. The zero-order valence-corrected chi connectivity index (χ0v) is 12.4. The Morgan fingerprint density at radius 2 is 2.12 bits per heavy atom. The summed E-state index contributed by atoms with van der Waals surface area (Å²) in [6.45, 7) is 1.67. The molecule has 0 spiro atoms. The van der Waals surface area contributed by atoms with Crippen molar-refractivity contribution < 1.29 is 8.42 Å². The summed E-state index contributed by atoms with van der Waals surface area (Å²) >= 11 is 8.02.